The minimum absolute atomic E-state index is 0.685. The molecule has 0 amide bonds. The second kappa shape index (κ2) is 4.78. The molecular formula is C7H9F2NO5. The fourth-order valence-corrected chi connectivity index (χ4v) is 0.890. The monoisotopic (exact) mass is 225 g/mol. The molecule has 0 saturated carbocycles. The van der Waals surface area contributed by atoms with Crippen molar-refractivity contribution in [2.24, 2.45) is 11.1 Å². The number of halogens is 2. The molecule has 0 aromatic carbocycles. The molecule has 0 saturated heterocycles. The molecular weight excluding hydrogens is 216 g/mol. The van der Waals surface area contributed by atoms with Gasteiger partial charge in [-0.3, -0.25) is 14.4 Å². The first-order valence-corrected chi connectivity index (χ1v) is 3.75. The predicted molar refractivity (Wildman–Crippen MR) is 42.4 cm³/mol. The van der Waals surface area contributed by atoms with E-state index in [0.29, 0.717) is 0 Å². The highest BCUT2D eigenvalue weighted by Crippen LogP contribution is 2.31. The van der Waals surface area contributed by atoms with E-state index in [4.69, 9.17) is 15.9 Å². The van der Waals surface area contributed by atoms with Gasteiger partial charge >= 0.3 is 11.9 Å². The molecule has 15 heavy (non-hydrogen) atoms. The quantitative estimate of drug-likeness (QED) is 0.516. The van der Waals surface area contributed by atoms with Gasteiger partial charge in [-0.05, 0) is 0 Å². The second-order valence-electron chi connectivity index (χ2n) is 2.80. The van der Waals surface area contributed by atoms with Crippen LogP contribution in [0.2, 0.25) is 0 Å². The zero-order valence-corrected chi connectivity index (χ0v) is 7.44. The molecule has 8 heteroatoms. The van der Waals surface area contributed by atoms with Gasteiger partial charge in [0.2, 0.25) is 5.41 Å². The van der Waals surface area contributed by atoms with Crippen LogP contribution in [0, 0.1) is 5.41 Å². The van der Waals surface area contributed by atoms with Crippen LogP contribution in [0.3, 0.4) is 0 Å². The van der Waals surface area contributed by atoms with Crippen molar-refractivity contribution in [3.8, 4) is 0 Å². The number of Topliss-reactive ketones (excluding diaryl/α,β-unsaturated/α-hetero) is 1. The Bertz CT molecular complexity index is 277. The SMILES string of the molecule is NCC(=O)CC(C(=O)O)(C(=O)O)C(F)F. The molecule has 0 spiro atoms. The van der Waals surface area contributed by atoms with E-state index < -0.39 is 42.5 Å². The van der Waals surface area contributed by atoms with Crippen LogP contribution >= 0.6 is 0 Å². The van der Waals surface area contributed by atoms with Crippen LogP contribution in [-0.2, 0) is 14.4 Å². The minimum atomic E-state index is -3.69. The summed E-state index contributed by atoms with van der Waals surface area (Å²) >= 11 is 0. The van der Waals surface area contributed by atoms with Gasteiger partial charge in [-0.1, -0.05) is 0 Å². The normalized spacial score (nSPS) is 11.5. The van der Waals surface area contributed by atoms with Crippen molar-refractivity contribution in [2.75, 3.05) is 6.54 Å². The number of carboxylic acids is 2. The average Bonchev–Trinajstić information content (AvgIpc) is 2.11. The lowest BCUT2D eigenvalue weighted by atomic mass is 9.83. The van der Waals surface area contributed by atoms with Gasteiger partial charge in [-0.15, -0.1) is 0 Å². The zero-order valence-electron chi connectivity index (χ0n) is 7.44. The molecule has 6 nitrogen and oxygen atoms in total. The van der Waals surface area contributed by atoms with E-state index >= 15 is 0 Å². The summed E-state index contributed by atoms with van der Waals surface area (Å²) in [5.41, 5.74) is 1.39. The van der Waals surface area contributed by atoms with Crippen molar-refractivity contribution in [2.45, 2.75) is 12.8 Å². The molecule has 0 aromatic rings. The van der Waals surface area contributed by atoms with E-state index in [1.54, 1.807) is 0 Å². The molecule has 0 atom stereocenters. The Labute approximate surface area is 82.7 Å². The minimum Gasteiger partial charge on any atom is -0.480 e. The molecule has 0 aliphatic heterocycles. The van der Waals surface area contributed by atoms with Crippen LogP contribution in [0.25, 0.3) is 0 Å². The predicted octanol–water partition coefficient (Wildman–Crippen LogP) is -0.675. The maximum atomic E-state index is 12.4. The first-order chi connectivity index (χ1) is 6.78. The number of aliphatic carboxylic acids is 2. The number of rotatable bonds is 6. The Morgan fingerprint density at radius 2 is 1.60 bits per heavy atom. The number of hydrogen-bond donors (Lipinski definition) is 3. The number of hydrogen-bond acceptors (Lipinski definition) is 4. The highest BCUT2D eigenvalue weighted by Gasteiger charge is 2.56. The summed E-state index contributed by atoms with van der Waals surface area (Å²) in [4.78, 5) is 31.8. The van der Waals surface area contributed by atoms with Crippen LogP contribution in [-0.4, -0.2) is 40.9 Å². The zero-order chi connectivity index (χ0) is 12.2. The standard InChI is InChI=1S/C7H9F2NO5/c8-4(9)7(5(12)13,6(14)15)1-3(11)2-10/h4H,1-2,10H2,(H,12,13)(H,14,15). The molecule has 0 fully saturated rings. The van der Waals surface area contributed by atoms with Gasteiger partial charge in [0.15, 0.2) is 0 Å². The van der Waals surface area contributed by atoms with Gasteiger partial charge in [0, 0.05) is 6.42 Å². The van der Waals surface area contributed by atoms with Crippen molar-refractivity contribution >= 4 is 17.7 Å². The number of carbonyl (C=O) groups is 3. The smallest absolute Gasteiger partial charge is 0.327 e. The van der Waals surface area contributed by atoms with Crippen LogP contribution in [0.4, 0.5) is 8.78 Å². The Balaban J connectivity index is 5.24. The molecule has 0 aliphatic rings. The number of carboxylic acid groups (broad SMARTS) is 2. The Morgan fingerprint density at radius 1 is 1.20 bits per heavy atom. The third kappa shape index (κ3) is 2.46. The molecule has 0 heterocycles. The molecule has 0 radical (unpaired) electrons. The summed E-state index contributed by atoms with van der Waals surface area (Å²) in [7, 11) is 0. The fraction of sp³-hybridized carbons (Fsp3) is 0.571. The van der Waals surface area contributed by atoms with E-state index in [0.717, 1.165) is 0 Å². The third-order valence-electron chi connectivity index (χ3n) is 1.84. The van der Waals surface area contributed by atoms with Gasteiger partial charge in [0.25, 0.3) is 6.43 Å². The summed E-state index contributed by atoms with van der Waals surface area (Å²) in [6.45, 7) is -0.685. The van der Waals surface area contributed by atoms with E-state index in [2.05, 4.69) is 0 Å². The molecule has 0 aromatic heterocycles. The molecule has 0 unspecified atom stereocenters. The number of alkyl halides is 2. The lowest BCUT2D eigenvalue weighted by Crippen LogP contribution is -2.47. The number of carbonyl (C=O) groups excluding carboxylic acids is 1. The van der Waals surface area contributed by atoms with Crippen molar-refractivity contribution in [1.82, 2.24) is 0 Å². The van der Waals surface area contributed by atoms with Crippen LogP contribution in [0.5, 0.6) is 0 Å². The molecule has 0 bridgehead atoms. The Hall–Kier alpha value is -1.57. The first-order valence-electron chi connectivity index (χ1n) is 3.75. The lowest BCUT2D eigenvalue weighted by Gasteiger charge is -2.22. The fourth-order valence-electron chi connectivity index (χ4n) is 0.890. The molecule has 86 valence electrons. The van der Waals surface area contributed by atoms with E-state index in [9.17, 15) is 23.2 Å². The van der Waals surface area contributed by atoms with Gasteiger partial charge in [0.1, 0.15) is 5.78 Å². The summed E-state index contributed by atoms with van der Waals surface area (Å²) in [5, 5.41) is 16.9. The lowest BCUT2D eigenvalue weighted by molar-refractivity contribution is -0.178. The Kier molecular flexibility index (Phi) is 4.28. The van der Waals surface area contributed by atoms with Crippen molar-refractivity contribution in [3.05, 3.63) is 0 Å². The molecule has 0 rings (SSSR count). The van der Waals surface area contributed by atoms with Crippen molar-refractivity contribution in [1.29, 1.82) is 0 Å². The number of nitrogens with two attached hydrogens (primary N) is 1. The van der Waals surface area contributed by atoms with Crippen LogP contribution in [0.15, 0.2) is 0 Å². The summed E-state index contributed by atoms with van der Waals surface area (Å²) < 4.78 is 24.8. The molecule has 0 aliphatic carbocycles. The van der Waals surface area contributed by atoms with Gasteiger partial charge < -0.3 is 15.9 Å². The third-order valence-corrected chi connectivity index (χ3v) is 1.84. The molecule has 4 N–H and O–H groups in total. The summed E-state index contributed by atoms with van der Waals surface area (Å²) in [5.74, 6) is -5.57. The maximum Gasteiger partial charge on any atom is 0.327 e. The van der Waals surface area contributed by atoms with E-state index in [-0.39, 0.29) is 0 Å². The van der Waals surface area contributed by atoms with Crippen molar-refractivity contribution in [3.63, 3.8) is 0 Å². The number of ketones is 1. The first kappa shape index (κ1) is 13.4. The topological polar surface area (TPSA) is 118 Å². The largest absolute Gasteiger partial charge is 0.480 e. The average molecular weight is 225 g/mol. The van der Waals surface area contributed by atoms with Crippen LogP contribution in [0.1, 0.15) is 6.42 Å². The highest BCUT2D eigenvalue weighted by molar-refractivity contribution is 6.03. The van der Waals surface area contributed by atoms with E-state index in [1.165, 1.54) is 0 Å². The van der Waals surface area contributed by atoms with Crippen molar-refractivity contribution < 1.29 is 33.4 Å². The maximum absolute atomic E-state index is 12.4. The summed E-state index contributed by atoms with van der Waals surface area (Å²) in [6.07, 6.45) is -5.02. The van der Waals surface area contributed by atoms with Gasteiger partial charge in [-0.2, -0.15) is 0 Å². The summed E-state index contributed by atoms with van der Waals surface area (Å²) in [6, 6.07) is 0. The van der Waals surface area contributed by atoms with Crippen LogP contribution < -0.4 is 5.73 Å². The van der Waals surface area contributed by atoms with Gasteiger partial charge in [0.05, 0.1) is 6.54 Å². The van der Waals surface area contributed by atoms with E-state index in [1.807, 2.05) is 0 Å². The van der Waals surface area contributed by atoms with Gasteiger partial charge in [-0.25, -0.2) is 8.78 Å². The second-order valence-corrected chi connectivity index (χ2v) is 2.80. The highest BCUT2D eigenvalue weighted by atomic mass is 19.3. The Morgan fingerprint density at radius 3 is 1.80 bits per heavy atom.